The molecule has 13 N–H and O–H groups in total. The van der Waals surface area contributed by atoms with Crippen molar-refractivity contribution in [3.63, 3.8) is 0 Å². The molecule has 0 aromatic rings. The van der Waals surface area contributed by atoms with E-state index in [-0.39, 0.29) is 63.2 Å². The molecular weight excluding hydrogens is 999 g/mol. The number of hydrogen-bond acceptors (Lipinski definition) is 17. The number of carboxylic acid groups (broad SMARTS) is 1. The van der Waals surface area contributed by atoms with E-state index in [9.17, 15) is 70.6 Å². The van der Waals surface area contributed by atoms with Crippen LogP contribution in [-0.4, -0.2) is 180 Å². The maximum atomic E-state index is 13.7. The number of esters is 2. The second kappa shape index (κ2) is 35.5. The maximum absolute atomic E-state index is 13.7. The highest BCUT2D eigenvalue weighted by molar-refractivity contribution is 5.90. The summed E-state index contributed by atoms with van der Waals surface area (Å²) in [4.78, 5) is 41.6. The topological polar surface area (TPSA) is 338 Å². The number of aliphatic hydroxyl groups is 10. The Morgan fingerprint density at radius 3 is 2.06 bits per heavy atom. The molecule has 0 aliphatic carbocycles. The van der Waals surface area contributed by atoms with Crippen LogP contribution in [0, 0.1) is 29.6 Å². The van der Waals surface area contributed by atoms with Gasteiger partial charge in [-0.15, -0.1) is 0 Å². The molecule has 0 saturated carbocycles. The van der Waals surface area contributed by atoms with Crippen molar-refractivity contribution in [2.24, 2.45) is 34.6 Å². The van der Waals surface area contributed by atoms with Crippen molar-refractivity contribution < 1.29 is 84.8 Å². The number of hydrogen-bond donors (Lipinski definition) is 13. The summed E-state index contributed by atoms with van der Waals surface area (Å²) in [7, 11) is 3.53. The van der Waals surface area contributed by atoms with Crippen molar-refractivity contribution in [2.75, 3.05) is 20.6 Å². The number of cyclic esters (lactones) is 1. The van der Waals surface area contributed by atoms with Crippen LogP contribution >= 0.6 is 0 Å². The van der Waals surface area contributed by atoms with Crippen LogP contribution in [0.15, 0.2) is 64.7 Å². The minimum absolute atomic E-state index is 0.0655. The average Bonchev–Trinajstić information content (AvgIpc) is 3.35. The Kier molecular flexibility index (Phi) is 31.9. The van der Waals surface area contributed by atoms with E-state index in [1.165, 1.54) is 0 Å². The maximum Gasteiger partial charge on any atom is 0.334 e. The lowest BCUT2D eigenvalue weighted by Crippen LogP contribution is -2.59. The van der Waals surface area contributed by atoms with Gasteiger partial charge in [-0.3, -0.25) is 14.6 Å². The molecule has 2 aliphatic rings. The zero-order valence-electron chi connectivity index (χ0n) is 47.1. The molecule has 2 heterocycles. The van der Waals surface area contributed by atoms with E-state index in [0.717, 1.165) is 44.6 Å². The minimum Gasteiger partial charge on any atom is -0.481 e. The van der Waals surface area contributed by atoms with Crippen LogP contribution in [0.2, 0.25) is 0 Å². The monoisotopic (exact) mass is 1100 g/mol. The molecule has 1 fully saturated rings. The Morgan fingerprint density at radius 1 is 0.805 bits per heavy atom. The highest BCUT2D eigenvalue weighted by Gasteiger charge is 2.50. The molecule has 442 valence electrons. The first-order valence-corrected chi connectivity index (χ1v) is 27.6. The number of nitrogens with zero attached hydrogens (tertiary/aromatic N) is 1. The molecule has 2 bridgehead atoms. The predicted molar refractivity (Wildman–Crippen MR) is 292 cm³/mol. The summed E-state index contributed by atoms with van der Waals surface area (Å²) in [6.45, 7) is 13.1. The number of fused-ring (bicyclic) bond motifs is 2. The first-order chi connectivity index (χ1) is 36.2. The van der Waals surface area contributed by atoms with Crippen LogP contribution in [-0.2, 0) is 28.6 Å². The number of allylic oxidation sites excluding steroid dienone is 6. The fraction of sp³-hybridized carbons (Fsp3) is 0.754. The molecule has 20 heteroatoms. The van der Waals surface area contributed by atoms with Crippen LogP contribution in [0.5, 0.6) is 0 Å². The smallest absolute Gasteiger partial charge is 0.334 e. The summed E-state index contributed by atoms with van der Waals surface area (Å²) in [5, 5.41) is 127. The van der Waals surface area contributed by atoms with Gasteiger partial charge in [0.1, 0.15) is 24.7 Å². The van der Waals surface area contributed by atoms with Gasteiger partial charge in [-0.05, 0) is 82.6 Å². The molecule has 0 spiro atoms. The van der Waals surface area contributed by atoms with E-state index in [1.807, 2.05) is 27.0 Å². The van der Waals surface area contributed by atoms with Gasteiger partial charge in [-0.25, -0.2) is 4.79 Å². The van der Waals surface area contributed by atoms with Gasteiger partial charge in [0.15, 0.2) is 11.7 Å². The highest BCUT2D eigenvalue weighted by atomic mass is 16.7. The lowest BCUT2D eigenvalue weighted by atomic mass is 9.84. The fourth-order valence-electron chi connectivity index (χ4n) is 9.63. The number of ether oxygens (including phenoxy) is 3. The van der Waals surface area contributed by atoms with Crippen molar-refractivity contribution in [3.8, 4) is 0 Å². The van der Waals surface area contributed by atoms with Gasteiger partial charge in [0.25, 0.3) is 0 Å². The third kappa shape index (κ3) is 25.7. The van der Waals surface area contributed by atoms with Gasteiger partial charge in [0.05, 0.1) is 54.9 Å². The van der Waals surface area contributed by atoms with Crippen LogP contribution in [0.1, 0.15) is 145 Å². The van der Waals surface area contributed by atoms with Gasteiger partial charge in [-0.2, -0.15) is 0 Å². The summed E-state index contributed by atoms with van der Waals surface area (Å²) in [5.74, 6) is -6.98. The van der Waals surface area contributed by atoms with Crippen molar-refractivity contribution in [1.82, 2.24) is 10.6 Å². The molecule has 0 aromatic carbocycles. The van der Waals surface area contributed by atoms with Crippen LogP contribution < -0.4 is 10.6 Å². The summed E-state index contributed by atoms with van der Waals surface area (Å²) < 4.78 is 17.4. The van der Waals surface area contributed by atoms with Gasteiger partial charge in [0, 0.05) is 82.5 Å². The number of aliphatic imine (C=N–C) groups is 1. The van der Waals surface area contributed by atoms with Crippen molar-refractivity contribution in [2.45, 2.75) is 224 Å². The van der Waals surface area contributed by atoms with E-state index in [2.05, 4.69) is 27.8 Å². The highest BCUT2D eigenvalue weighted by Crippen LogP contribution is 2.36. The second-order valence-corrected chi connectivity index (χ2v) is 21.8. The molecule has 0 unspecified atom stereocenters. The van der Waals surface area contributed by atoms with Gasteiger partial charge < -0.3 is 81.0 Å². The van der Waals surface area contributed by atoms with Gasteiger partial charge in [-0.1, -0.05) is 83.2 Å². The molecule has 77 heavy (non-hydrogen) atoms. The number of rotatable bonds is 12. The first-order valence-electron chi connectivity index (χ1n) is 27.6. The quantitative estimate of drug-likeness (QED) is 0.0331. The first kappa shape index (κ1) is 69.0. The normalized spacial score (nSPS) is 35.4. The zero-order chi connectivity index (χ0) is 58.0. The van der Waals surface area contributed by atoms with E-state index in [0.29, 0.717) is 11.1 Å². The second-order valence-electron chi connectivity index (χ2n) is 21.8. The number of guanidine groups is 1. The number of aliphatic carboxylic acids is 1. The van der Waals surface area contributed by atoms with Crippen LogP contribution in [0.4, 0.5) is 0 Å². The summed E-state index contributed by atoms with van der Waals surface area (Å²) in [6, 6.07) is 0. The summed E-state index contributed by atoms with van der Waals surface area (Å²) in [5.41, 5.74) is 0.779. The van der Waals surface area contributed by atoms with E-state index < -0.39 is 128 Å². The molecule has 20 nitrogen and oxygen atoms in total. The average molecular weight is 1100 g/mol. The Hall–Kier alpha value is -4.06. The van der Waals surface area contributed by atoms with Crippen molar-refractivity contribution in [3.05, 3.63) is 59.8 Å². The number of aliphatic hydroxyl groups excluding tert-OH is 9. The van der Waals surface area contributed by atoms with Crippen molar-refractivity contribution >= 4 is 23.9 Å². The molecule has 0 amide bonds. The Labute approximate surface area is 456 Å². The number of nitrogens with one attached hydrogen (secondary N) is 2. The SMILES string of the molecule is CN=C(NC)NCCCC=CCCC[C@H](C)[C@@H]1OC(=O)C(C)=CC=C[C@@H](C)[C@@H](O)C[C@H](O)[C@@H](C)[C@H](O)CC[C@H](C)[C@@H](O)C[C@@]2(O)O[C@@H](C[C@@H](O)C[C@H](OC(=O)CC(=O)O)C[C@@H](O)C[C@H](O)C(C)=CC=C[C@@H]1C)C[C@@H](O)[C@@H]2O. The fourth-order valence-corrected chi connectivity index (χ4v) is 9.63. The number of carboxylic acids is 1. The number of carbonyl (C=O) groups is 3. The molecule has 0 radical (unpaired) electrons. The van der Waals surface area contributed by atoms with Crippen LogP contribution in [0.25, 0.3) is 0 Å². The largest absolute Gasteiger partial charge is 0.481 e. The Balaban J connectivity index is 2.44. The molecule has 0 aromatic heterocycles. The lowest BCUT2D eigenvalue weighted by molar-refractivity contribution is -0.333. The van der Waals surface area contributed by atoms with Crippen LogP contribution in [0.3, 0.4) is 0 Å². The molecule has 2 rings (SSSR count). The summed E-state index contributed by atoms with van der Waals surface area (Å²) in [6.07, 6.45) is 1.35. The lowest BCUT2D eigenvalue weighted by Gasteiger charge is -2.45. The molecule has 2 aliphatic heterocycles. The molecule has 1 saturated heterocycles. The number of carbonyl (C=O) groups excluding carboxylic acids is 2. The summed E-state index contributed by atoms with van der Waals surface area (Å²) >= 11 is 0. The zero-order valence-corrected chi connectivity index (χ0v) is 47.1. The molecule has 18 atom stereocenters. The standard InChI is InChI=1S/C57H97N3O17/c1-34-19-16-21-38(5)53(37(4)18-14-12-10-11-13-15-25-60-56(58-8)59-9)76-55(73)39(6)22-17-20-35(2)47(65)31-48(66)40(7)45(63)24-23-36(3)50(68)33-57(74)54(72)49(67)30-44(77-57)28-41(61)26-43(27-42(62)29-46(34)64)75-52(71)32-51(69)70/h10-11,16-17,19-22,35-38,40-50,53-54,61-68,72,74H,12-15,18,23-33H2,1-9H3,(H,69,70)(H2,58,59,60)/t35-,36+,37+,38+,40+,41+,42-,43+,44+,45-,46+,47+,48+,49-,50+,53+,54+,57-/m1/s1. The minimum atomic E-state index is -2.48. The van der Waals surface area contributed by atoms with Gasteiger partial charge >= 0.3 is 17.9 Å². The third-order valence-corrected chi connectivity index (χ3v) is 15.0. The van der Waals surface area contributed by atoms with Gasteiger partial charge in [0.2, 0.25) is 0 Å². The molecular formula is C57H97N3O17. The third-order valence-electron chi connectivity index (χ3n) is 15.0. The Bertz CT molecular complexity index is 1940. The predicted octanol–water partition coefficient (Wildman–Crippen LogP) is 3.63. The van der Waals surface area contributed by atoms with E-state index in [4.69, 9.17) is 14.2 Å². The van der Waals surface area contributed by atoms with Crippen molar-refractivity contribution in [1.29, 1.82) is 0 Å². The Morgan fingerprint density at radius 2 is 1.43 bits per heavy atom. The van der Waals surface area contributed by atoms with E-state index >= 15 is 0 Å². The van der Waals surface area contributed by atoms with E-state index in [1.54, 1.807) is 72.0 Å². The number of unbranched alkanes of at least 4 members (excludes halogenated alkanes) is 2.